The number of rotatable bonds is 1. The highest BCUT2D eigenvalue weighted by Crippen LogP contribution is 2.02. The first kappa shape index (κ1) is 14.3. The van der Waals surface area contributed by atoms with Gasteiger partial charge in [0, 0.05) is 6.54 Å². The molecule has 0 amide bonds. The summed E-state index contributed by atoms with van der Waals surface area (Å²) in [5.41, 5.74) is -0.318. The third kappa shape index (κ3) is 8.35. The summed E-state index contributed by atoms with van der Waals surface area (Å²) in [6.45, 7) is 7.27. The Kier molecular flexibility index (Phi) is 6.47. The SMILES string of the molecule is CC(C)(C)OC=O.OC1CCNCC1O. The molecule has 5 heteroatoms. The lowest BCUT2D eigenvalue weighted by atomic mass is 10.1. The summed E-state index contributed by atoms with van der Waals surface area (Å²) in [4.78, 5) is 9.60. The van der Waals surface area contributed by atoms with Crippen LogP contribution in [0.4, 0.5) is 0 Å². The highest BCUT2D eigenvalue weighted by atomic mass is 16.5. The summed E-state index contributed by atoms with van der Waals surface area (Å²) in [5.74, 6) is 0. The van der Waals surface area contributed by atoms with Crippen molar-refractivity contribution in [2.45, 2.75) is 45.0 Å². The minimum Gasteiger partial charge on any atom is -0.462 e. The molecule has 0 aromatic heterocycles. The number of ether oxygens (including phenoxy) is 1. The van der Waals surface area contributed by atoms with Gasteiger partial charge in [0.15, 0.2) is 0 Å². The molecule has 90 valence electrons. The second-order valence-electron chi connectivity index (χ2n) is 4.45. The Morgan fingerprint density at radius 3 is 2.13 bits per heavy atom. The van der Waals surface area contributed by atoms with Crippen LogP contribution in [0.2, 0.25) is 0 Å². The second-order valence-corrected chi connectivity index (χ2v) is 4.45. The van der Waals surface area contributed by atoms with E-state index in [2.05, 4.69) is 10.1 Å². The third-order valence-electron chi connectivity index (χ3n) is 1.82. The van der Waals surface area contributed by atoms with E-state index in [4.69, 9.17) is 10.2 Å². The van der Waals surface area contributed by atoms with E-state index in [1.54, 1.807) is 0 Å². The molecule has 1 saturated heterocycles. The predicted octanol–water partition coefficient (Wildman–Crippen LogP) is -0.341. The molecular weight excluding hydrogens is 198 g/mol. The third-order valence-corrected chi connectivity index (χ3v) is 1.82. The summed E-state index contributed by atoms with van der Waals surface area (Å²) >= 11 is 0. The summed E-state index contributed by atoms with van der Waals surface area (Å²) in [7, 11) is 0. The first-order valence-corrected chi connectivity index (χ1v) is 5.05. The van der Waals surface area contributed by atoms with Crippen LogP contribution in [0.5, 0.6) is 0 Å². The number of piperidine rings is 1. The van der Waals surface area contributed by atoms with Crippen molar-refractivity contribution in [3.63, 3.8) is 0 Å². The van der Waals surface area contributed by atoms with Crippen molar-refractivity contribution in [2.24, 2.45) is 0 Å². The number of β-amino-alcohol motifs (C(OH)–C–C–N with tert-alkyl or cyclic N) is 1. The minimum atomic E-state index is -0.552. The van der Waals surface area contributed by atoms with E-state index in [1.165, 1.54) is 0 Å². The van der Waals surface area contributed by atoms with E-state index in [1.807, 2.05) is 20.8 Å². The van der Waals surface area contributed by atoms with Crippen molar-refractivity contribution in [1.29, 1.82) is 0 Å². The first-order chi connectivity index (χ1) is 6.87. The average molecular weight is 219 g/mol. The van der Waals surface area contributed by atoms with E-state index < -0.39 is 12.2 Å². The number of hydrogen-bond donors (Lipinski definition) is 3. The van der Waals surface area contributed by atoms with Crippen LogP contribution in [0.3, 0.4) is 0 Å². The molecule has 0 radical (unpaired) electrons. The highest BCUT2D eigenvalue weighted by molar-refractivity contribution is 5.37. The van der Waals surface area contributed by atoms with Crippen LogP contribution in [0.15, 0.2) is 0 Å². The van der Waals surface area contributed by atoms with Crippen LogP contribution in [-0.4, -0.2) is 47.6 Å². The molecule has 0 spiro atoms. The van der Waals surface area contributed by atoms with E-state index in [0.29, 0.717) is 19.4 Å². The molecule has 0 bridgehead atoms. The van der Waals surface area contributed by atoms with Gasteiger partial charge in [-0.1, -0.05) is 0 Å². The van der Waals surface area contributed by atoms with Gasteiger partial charge >= 0.3 is 0 Å². The van der Waals surface area contributed by atoms with Gasteiger partial charge in [-0.05, 0) is 33.7 Å². The van der Waals surface area contributed by atoms with Gasteiger partial charge in [-0.15, -0.1) is 0 Å². The molecular formula is C10H21NO4. The standard InChI is InChI=1S/C5H11NO2.C5H10O2/c7-4-1-2-6-3-5(4)8;1-5(2,3)7-4-6/h4-8H,1-3H2;4H,1-3H3. The highest BCUT2D eigenvalue weighted by Gasteiger charge is 2.18. The first-order valence-electron chi connectivity index (χ1n) is 5.05. The molecule has 0 aliphatic carbocycles. The lowest BCUT2D eigenvalue weighted by Gasteiger charge is -2.23. The molecule has 1 aliphatic rings. The Bertz CT molecular complexity index is 169. The molecule has 3 N–H and O–H groups in total. The van der Waals surface area contributed by atoms with Crippen molar-refractivity contribution in [1.82, 2.24) is 5.32 Å². The Balaban J connectivity index is 0.000000265. The topological polar surface area (TPSA) is 78.8 Å². The molecule has 0 saturated carbocycles. The van der Waals surface area contributed by atoms with Crippen LogP contribution in [0.25, 0.3) is 0 Å². The smallest absolute Gasteiger partial charge is 0.293 e. The number of aliphatic hydroxyl groups is 2. The van der Waals surface area contributed by atoms with Gasteiger partial charge in [0.05, 0.1) is 12.2 Å². The number of carbonyl (C=O) groups is 1. The van der Waals surface area contributed by atoms with Gasteiger partial charge in [0.25, 0.3) is 6.47 Å². The summed E-state index contributed by atoms with van der Waals surface area (Å²) in [6, 6.07) is 0. The molecule has 0 aromatic carbocycles. The van der Waals surface area contributed by atoms with Gasteiger partial charge in [0.2, 0.25) is 0 Å². The lowest BCUT2D eigenvalue weighted by Crippen LogP contribution is -2.43. The molecule has 1 aliphatic heterocycles. The zero-order chi connectivity index (χ0) is 11.9. The minimum absolute atomic E-state index is 0.318. The number of hydrogen-bond acceptors (Lipinski definition) is 5. The normalized spacial score (nSPS) is 26.2. The van der Waals surface area contributed by atoms with Crippen LogP contribution in [0, 0.1) is 0 Å². The van der Waals surface area contributed by atoms with E-state index in [9.17, 15) is 4.79 Å². The molecule has 0 aromatic rings. The van der Waals surface area contributed by atoms with E-state index in [0.717, 1.165) is 6.54 Å². The Morgan fingerprint density at radius 2 is 1.93 bits per heavy atom. The zero-order valence-electron chi connectivity index (χ0n) is 9.56. The maximum absolute atomic E-state index is 9.60. The van der Waals surface area contributed by atoms with Gasteiger partial charge in [-0.2, -0.15) is 0 Å². The molecule has 2 unspecified atom stereocenters. The second kappa shape index (κ2) is 6.76. The number of aliphatic hydroxyl groups excluding tert-OH is 2. The van der Waals surface area contributed by atoms with Crippen LogP contribution < -0.4 is 5.32 Å². The van der Waals surface area contributed by atoms with E-state index in [-0.39, 0.29) is 5.60 Å². The van der Waals surface area contributed by atoms with Crippen molar-refractivity contribution in [3.8, 4) is 0 Å². The number of nitrogens with one attached hydrogen (secondary N) is 1. The van der Waals surface area contributed by atoms with E-state index >= 15 is 0 Å². The summed E-state index contributed by atoms with van der Waals surface area (Å²) in [6.07, 6.45) is -0.388. The van der Waals surface area contributed by atoms with Crippen molar-refractivity contribution >= 4 is 6.47 Å². The predicted molar refractivity (Wildman–Crippen MR) is 56.4 cm³/mol. The van der Waals surface area contributed by atoms with Crippen molar-refractivity contribution in [2.75, 3.05) is 13.1 Å². The Hall–Kier alpha value is -0.650. The fourth-order valence-electron chi connectivity index (χ4n) is 0.973. The Labute approximate surface area is 90.4 Å². The summed E-state index contributed by atoms with van der Waals surface area (Å²) in [5, 5.41) is 20.7. The zero-order valence-corrected chi connectivity index (χ0v) is 9.56. The van der Waals surface area contributed by atoms with Crippen molar-refractivity contribution in [3.05, 3.63) is 0 Å². The molecule has 1 heterocycles. The van der Waals surface area contributed by atoms with Crippen LogP contribution in [0.1, 0.15) is 27.2 Å². The van der Waals surface area contributed by atoms with Gasteiger partial charge in [-0.3, -0.25) is 4.79 Å². The lowest BCUT2D eigenvalue weighted by molar-refractivity contribution is -0.138. The summed E-state index contributed by atoms with van der Waals surface area (Å²) < 4.78 is 4.55. The molecule has 1 rings (SSSR count). The maximum Gasteiger partial charge on any atom is 0.293 e. The van der Waals surface area contributed by atoms with Gasteiger partial charge in [-0.25, -0.2) is 0 Å². The monoisotopic (exact) mass is 219 g/mol. The number of carbonyl (C=O) groups excluding carboxylic acids is 1. The van der Waals surface area contributed by atoms with Crippen molar-refractivity contribution < 1.29 is 19.7 Å². The van der Waals surface area contributed by atoms with Gasteiger partial charge in [0.1, 0.15) is 5.60 Å². The largest absolute Gasteiger partial charge is 0.462 e. The van der Waals surface area contributed by atoms with Crippen LogP contribution in [-0.2, 0) is 9.53 Å². The molecule has 5 nitrogen and oxygen atoms in total. The molecule has 1 fully saturated rings. The quantitative estimate of drug-likeness (QED) is 0.526. The Morgan fingerprint density at radius 1 is 1.33 bits per heavy atom. The average Bonchev–Trinajstić information content (AvgIpc) is 2.09. The maximum atomic E-state index is 9.60. The van der Waals surface area contributed by atoms with Crippen LogP contribution >= 0.6 is 0 Å². The fraction of sp³-hybridized carbons (Fsp3) is 0.900. The molecule has 2 atom stereocenters. The fourth-order valence-corrected chi connectivity index (χ4v) is 0.973. The molecule has 15 heavy (non-hydrogen) atoms. The van der Waals surface area contributed by atoms with Gasteiger partial charge < -0.3 is 20.3 Å².